The number of benzene rings is 1. The van der Waals surface area contributed by atoms with E-state index in [-0.39, 0.29) is 0 Å². The van der Waals surface area contributed by atoms with Crippen LogP contribution in [-0.2, 0) is 5.54 Å². The molecule has 0 spiro atoms. The number of hydrogen-bond donors (Lipinski definition) is 2. The SMILES string of the molecule is CCOc1cc(C)c(C(C)(C#N)NN)cc1C. The Bertz CT molecular complexity index is 451. The molecule has 1 atom stereocenters. The quantitative estimate of drug-likeness (QED) is 0.615. The topological polar surface area (TPSA) is 71.1 Å². The van der Waals surface area contributed by atoms with E-state index in [0.717, 1.165) is 22.4 Å². The molecule has 1 aromatic carbocycles. The molecule has 4 heteroatoms. The Hall–Kier alpha value is -1.57. The number of hydrogen-bond acceptors (Lipinski definition) is 4. The molecule has 17 heavy (non-hydrogen) atoms. The minimum Gasteiger partial charge on any atom is -0.494 e. The summed E-state index contributed by atoms with van der Waals surface area (Å²) in [5, 5.41) is 9.20. The number of aryl methyl sites for hydroxylation is 2. The van der Waals surface area contributed by atoms with Crippen LogP contribution in [0.25, 0.3) is 0 Å². The Labute approximate surface area is 102 Å². The first-order valence-corrected chi connectivity index (χ1v) is 5.62. The second-order valence-electron chi connectivity index (χ2n) is 4.25. The maximum Gasteiger partial charge on any atom is 0.141 e. The summed E-state index contributed by atoms with van der Waals surface area (Å²) in [5.41, 5.74) is 4.56. The number of nitriles is 1. The molecule has 4 nitrogen and oxygen atoms in total. The van der Waals surface area contributed by atoms with Crippen LogP contribution in [0.2, 0.25) is 0 Å². The molecule has 0 fully saturated rings. The second kappa shape index (κ2) is 5.17. The van der Waals surface area contributed by atoms with Crippen LogP contribution in [0, 0.1) is 25.2 Å². The average Bonchev–Trinajstić information content (AvgIpc) is 2.32. The molecule has 0 radical (unpaired) electrons. The number of rotatable bonds is 4. The monoisotopic (exact) mass is 233 g/mol. The lowest BCUT2D eigenvalue weighted by Gasteiger charge is -2.24. The molecule has 0 saturated heterocycles. The van der Waals surface area contributed by atoms with Crippen LogP contribution < -0.4 is 16.0 Å². The van der Waals surface area contributed by atoms with Gasteiger partial charge in [-0.25, -0.2) is 5.43 Å². The van der Waals surface area contributed by atoms with Gasteiger partial charge in [-0.15, -0.1) is 0 Å². The third-order valence-corrected chi connectivity index (χ3v) is 2.87. The highest BCUT2D eigenvalue weighted by Gasteiger charge is 2.27. The minimum absolute atomic E-state index is 0.629. The molecule has 1 rings (SSSR count). The molecule has 0 bridgehead atoms. The molecule has 0 heterocycles. The highest BCUT2D eigenvalue weighted by Crippen LogP contribution is 2.29. The van der Waals surface area contributed by atoms with Gasteiger partial charge in [-0.2, -0.15) is 5.26 Å². The van der Waals surface area contributed by atoms with E-state index in [2.05, 4.69) is 11.5 Å². The van der Waals surface area contributed by atoms with Gasteiger partial charge in [-0.1, -0.05) is 0 Å². The van der Waals surface area contributed by atoms with E-state index < -0.39 is 5.54 Å². The molecule has 3 N–H and O–H groups in total. The lowest BCUT2D eigenvalue weighted by Crippen LogP contribution is -2.43. The van der Waals surface area contributed by atoms with Crippen molar-refractivity contribution in [1.82, 2.24) is 5.43 Å². The van der Waals surface area contributed by atoms with Crippen molar-refractivity contribution in [2.75, 3.05) is 6.61 Å². The van der Waals surface area contributed by atoms with Crippen molar-refractivity contribution >= 4 is 0 Å². The molecule has 0 amide bonds. The predicted octanol–water partition coefficient (Wildman–Crippen LogP) is 1.90. The lowest BCUT2D eigenvalue weighted by atomic mass is 9.89. The summed E-state index contributed by atoms with van der Waals surface area (Å²) in [6.45, 7) is 8.25. The summed E-state index contributed by atoms with van der Waals surface area (Å²) >= 11 is 0. The summed E-state index contributed by atoms with van der Waals surface area (Å²) in [4.78, 5) is 0. The van der Waals surface area contributed by atoms with Crippen molar-refractivity contribution < 1.29 is 4.74 Å². The predicted molar refractivity (Wildman–Crippen MR) is 67.4 cm³/mol. The van der Waals surface area contributed by atoms with Crippen molar-refractivity contribution in [3.05, 3.63) is 28.8 Å². The van der Waals surface area contributed by atoms with E-state index in [1.807, 2.05) is 32.9 Å². The van der Waals surface area contributed by atoms with Crippen LogP contribution in [0.5, 0.6) is 5.75 Å². The highest BCUT2D eigenvalue weighted by atomic mass is 16.5. The average molecular weight is 233 g/mol. The van der Waals surface area contributed by atoms with Crippen molar-refractivity contribution in [1.29, 1.82) is 5.26 Å². The van der Waals surface area contributed by atoms with Crippen LogP contribution in [0.4, 0.5) is 0 Å². The molecule has 92 valence electrons. The maximum atomic E-state index is 9.20. The third-order valence-electron chi connectivity index (χ3n) is 2.87. The van der Waals surface area contributed by atoms with Crippen LogP contribution >= 0.6 is 0 Å². The summed E-state index contributed by atoms with van der Waals surface area (Å²) < 4.78 is 5.52. The van der Waals surface area contributed by atoms with Crippen LogP contribution in [0.15, 0.2) is 12.1 Å². The van der Waals surface area contributed by atoms with Crippen LogP contribution in [0.3, 0.4) is 0 Å². The number of nitrogens with one attached hydrogen (secondary N) is 1. The van der Waals surface area contributed by atoms with E-state index in [1.54, 1.807) is 6.92 Å². The lowest BCUT2D eigenvalue weighted by molar-refractivity contribution is 0.337. The Morgan fingerprint density at radius 3 is 2.53 bits per heavy atom. The van der Waals surface area contributed by atoms with Gasteiger partial charge in [0.1, 0.15) is 11.3 Å². The van der Waals surface area contributed by atoms with Crippen molar-refractivity contribution in [2.24, 2.45) is 5.84 Å². The van der Waals surface area contributed by atoms with Gasteiger partial charge in [-0.3, -0.25) is 5.84 Å². The summed E-state index contributed by atoms with van der Waals surface area (Å²) in [6, 6.07) is 6.08. The number of nitrogens with two attached hydrogens (primary N) is 1. The first-order chi connectivity index (χ1) is 7.98. The molecule has 0 aliphatic heterocycles. The van der Waals surface area contributed by atoms with Gasteiger partial charge in [0.05, 0.1) is 12.7 Å². The molecular weight excluding hydrogens is 214 g/mol. The molecule has 0 saturated carbocycles. The maximum absolute atomic E-state index is 9.20. The number of ether oxygens (including phenoxy) is 1. The zero-order valence-electron chi connectivity index (χ0n) is 10.8. The fourth-order valence-electron chi connectivity index (χ4n) is 1.81. The molecule has 1 aromatic rings. The first-order valence-electron chi connectivity index (χ1n) is 5.62. The summed E-state index contributed by atoms with van der Waals surface area (Å²) in [6.07, 6.45) is 0. The fraction of sp³-hybridized carbons (Fsp3) is 0.462. The van der Waals surface area contributed by atoms with E-state index in [1.165, 1.54) is 0 Å². The van der Waals surface area contributed by atoms with Gasteiger partial charge in [0, 0.05) is 0 Å². The molecule has 0 aliphatic carbocycles. The Morgan fingerprint density at radius 2 is 2.06 bits per heavy atom. The van der Waals surface area contributed by atoms with Crippen molar-refractivity contribution in [3.8, 4) is 11.8 Å². The van der Waals surface area contributed by atoms with Crippen LogP contribution in [0.1, 0.15) is 30.5 Å². The van der Waals surface area contributed by atoms with Crippen LogP contribution in [-0.4, -0.2) is 6.61 Å². The van der Waals surface area contributed by atoms with E-state index in [9.17, 15) is 5.26 Å². The van der Waals surface area contributed by atoms with E-state index >= 15 is 0 Å². The number of hydrazine groups is 1. The van der Waals surface area contributed by atoms with Gasteiger partial charge in [0.2, 0.25) is 0 Å². The minimum atomic E-state index is -0.875. The van der Waals surface area contributed by atoms with Crippen molar-refractivity contribution in [3.63, 3.8) is 0 Å². The van der Waals surface area contributed by atoms with Gasteiger partial charge >= 0.3 is 0 Å². The summed E-state index contributed by atoms with van der Waals surface area (Å²) in [5.74, 6) is 6.31. The van der Waals surface area contributed by atoms with Gasteiger partial charge in [0.25, 0.3) is 0 Å². The largest absolute Gasteiger partial charge is 0.494 e. The van der Waals surface area contributed by atoms with E-state index in [0.29, 0.717) is 6.61 Å². The van der Waals surface area contributed by atoms with Gasteiger partial charge in [0.15, 0.2) is 0 Å². The van der Waals surface area contributed by atoms with Crippen molar-refractivity contribution in [2.45, 2.75) is 33.2 Å². The Morgan fingerprint density at radius 1 is 1.41 bits per heavy atom. The van der Waals surface area contributed by atoms with E-state index in [4.69, 9.17) is 10.6 Å². The smallest absolute Gasteiger partial charge is 0.141 e. The fourth-order valence-corrected chi connectivity index (χ4v) is 1.81. The zero-order chi connectivity index (χ0) is 13.1. The molecular formula is C13H19N3O. The Balaban J connectivity index is 3.30. The van der Waals surface area contributed by atoms with Gasteiger partial charge < -0.3 is 4.74 Å². The zero-order valence-corrected chi connectivity index (χ0v) is 10.8. The third kappa shape index (κ3) is 2.57. The standard InChI is InChI=1S/C13H19N3O/c1-5-17-12-7-9(2)11(6-10(12)3)13(4,8-14)16-15/h6-7,16H,5,15H2,1-4H3. The Kier molecular flexibility index (Phi) is 4.11. The molecule has 1 unspecified atom stereocenters. The first kappa shape index (κ1) is 13.5. The normalized spacial score (nSPS) is 13.9. The molecule has 0 aromatic heterocycles. The van der Waals surface area contributed by atoms with Gasteiger partial charge in [-0.05, 0) is 56.5 Å². The highest BCUT2D eigenvalue weighted by molar-refractivity contribution is 5.46. The second-order valence-corrected chi connectivity index (χ2v) is 4.25. The summed E-state index contributed by atoms with van der Waals surface area (Å²) in [7, 11) is 0. The molecule has 0 aliphatic rings. The number of nitrogens with zero attached hydrogens (tertiary/aromatic N) is 1.